The summed E-state index contributed by atoms with van der Waals surface area (Å²) in [6, 6.07) is 8.14. The lowest BCUT2D eigenvalue weighted by molar-refractivity contribution is -0.138. The summed E-state index contributed by atoms with van der Waals surface area (Å²) in [7, 11) is 0. The highest BCUT2D eigenvalue weighted by atomic mass is 16.3. The molecule has 8 nitrogen and oxygen atoms in total. The molecule has 2 amide bonds. The molecular formula is C37H56N4O4. The van der Waals surface area contributed by atoms with Gasteiger partial charge in [-0.3, -0.25) is 14.4 Å². The predicted octanol–water partition coefficient (Wildman–Crippen LogP) is 5.97. The largest absolute Gasteiger partial charge is 0.391 e. The third-order valence-corrected chi connectivity index (χ3v) is 9.07. The fraction of sp³-hybridized carbons (Fsp3) is 0.622. The number of Topliss-reactive ketones (excluding diaryl/α,β-unsaturated/α-hetero) is 1. The SMILES string of the molecule is C=C[C@@H](C[C@H](O)[C@H](CC1CCCCC1)NC(=O)[C@@H](Cc1cnc[nH]1)C(=O)[C@H](Cc1ccccc1)NC(=O)CC(C)(C)C)C(C)C. The quantitative estimate of drug-likeness (QED) is 0.128. The van der Waals surface area contributed by atoms with Crippen LogP contribution in [-0.2, 0) is 27.2 Å². The number of aromatic amines is 1. The number of nitrogens with one attached hydrogen (secondary N) is 3. The summed E-state index contributed by atoms with van der Waals surface area (Å²) >= 11 is 0. The predicted molar refractivity (Wildman–Crippen MR) is 179 cm³/mol. The summed E-state index contributed by atoms with van der Waals surface area (Å²) in [5.41, 5.74) is 1.28. The first kappa shape index (κ1) is 36.2. The number of allylic oxidation sites excluding steroid dienone is 1. The standard InChI is InChI=1S/C37H56N4O4/c1-7-28(25(2)3)20-33(42)31(18-26-14-10-8-11-15-26)41-36(45)30(21-29-23-38-24-39-29)35(44)32(19-27-16-12-9-13-17-27)40-34(43)22-37(4,5)6/h7,9,12-13,16-17,23-26,28,30-33,42H,1,8,10-11,14-15,18-22H2,2-6H3,(H,38,39)(H,40,43)(H,41,45)/t28-,30-,31-,32-,33-/m0/s1. The van der Waals surface area contributed by atoms with E-state index in [1.807, 2.05) is 57.2 Å². The van der Waals surface area contributed by atoms with Crippen LogP contribution in [0, 0.1) is 29.1 Å². The van der Waals surface area contributed by atoms with Crippen LogP contribution in [0.3, 0.4) is 0 Å². The Labute approximate surface area is 270 Å². The van der Waals surface area contributed by atoms with Gasteiger partial charge in [-0.2, -0.15) is 0 Å². The number of ketones is 1. The average Bonchev–Trinajstić information content (AvgIpc) is 3.51. The van der Waals surface area contributed by atoms with E-state index in [1.54, 1.807) is 6.20 Å². The molecule has 0 spiro atoms. The Hall–Kier alpha value is -3.26. The number of nitrogens with zero attached hydrogens (tertiary/aromatic N) is 1. The molecule has 0 unspecified atom stereocenters. The molecule has 248 valence electrons. The highest BCUT2D eigenvalue weighted by Crippen LogP contribution is 2.30. The molecule has 0 bridgehead atoms. The molecule has 45 heavy (non-hydrogen) atoms. The van der Waals surface area contributed by atoms with Crippen LogP contribution in [0.4, 0.5) is 0 Å². The summed E-state index contributed by atoms with van der Waals surface area (Å²) in [5, 5.41) is 17.6. The molecule has 1 aromatic carbocycles. The van der Waals surface area contributed by atoms with Crippen LogP contribution >= 0.6 is 0 Å². The van der Waals surface area contributed by atoms with Gasteiger partial charge in [-0.1, -0.05) is 103 Å². The average molecular weight is 621 g/mol. The molecule has 8 heteroatoms. The fourth-order valence-corrected chi connectivity index (χ4v) is 6.44. The lowest BCUT2D eigenvalue weighted by Gasteiger charge is -2.33. The molecule has 5 atom stereocenters. The van der Waals surface area contributed by atoms with Gasteiger partial charge in [-0.05, 0) is 48.0 Å². The lowest BCUT2D eigenvalue weighted by Crippen LogP contribution is -2.53. The normalized spacial score (nSPS) is 17.6. The van der Waals surface area contributed by atoms with Crippen molar-refractivity contribution in [3.05, 3.63) is 66.8 Å². The van der Waals surface area contributed by atoms with Crippen LogP contribution in [0.15, 0.2) is 55.5 Å². The zero-order valence-corrected chi connectivity index (χ0v) is 28.1. The zero-order valence-electron chi connectivity index (χ0n) is 28.1. The van der Waals surface area contributed by atoms with Crippen LogP contribution in [0.5, 0.6) is 0 Å². The minimum absolute atomic E-state index is 0.0986. The Morgan fingerprint density at radius 2 is 1.76 bits per heavy atom. The Morgan fingerprint density at radius 1 is 1.07 bits per heavy atom. The third kappa shape index (κ3) is 12.2. The number of amides is 2. The van der Waals surface area contributed by atoms with E-state index < -0.39 is 30.0 Å². The number of aromatic nitrogens is 2. The van der Waals surface area contributed by atoms with Crippen molar-refractivity contribution in [2.24, 2.45) is 29.1 Å². The van der Waals surface area contributed by atoms with Crippen molar-refractivity contribution >= 4 is 17.6 Å². The number of imidazole rings is 1. The molecule has 1 saturated carbocycles. The monoisotopic (exact) mass is 620 g/mol. The first-order valence-electron chi connectivity index (χ1n) is 16.8. The van der Waals surface area contributed by atoms with Crippen LogP contribution in [0.1, 0.15) is 97.2 Å². The number of hydrogen-bond acceptors (Lipinski definition) is 5. The zero-order chi connectivity index (χ0) is 33.0. The number of aliphatic hydroxyl groups excluding tert-OH is 1. The van der Waals surface area contributed by atoms with Crippen LogP contribution < -0.4 is 10.6 Å². The van der Waals surface area contributed by atoms with E-state index in [2.05, 4.69) is 41.0 Å². The number of hydrogen-bond donors (Lipinski definition) is 4. The summed E-state index contributed by atoms with van der Waals surface area (Å²) < 4.78 is 0. The van der Waals surface area contributed by atoms with Crippen molar-refractivity contribution in [3.8, 4) is 0 Å². The highest BCUT2D eigenvalue weighted by molar-refractivity contribution is 6.05. The molecule has 1 aromatic heterocycles. The lowest BCUT2D eigenvalue weighted by atomic mass is 9.81. The number of H-pyrrole nitrogens is 1. The maximum atomic E-state index is 14.4. The number of aliphatic hydroxyl groups is 1. The Balaban J connectivity index is 1.91. The minimum atomic E-state index is -1.09. The van der Waals surface area contributed by atoms with Gasteiger partial charge in [0.25, 0.3) is 0 Å². The number of carbonyl (C=O) groups is 3. The van der Waals surface area contributed by atoms with Crippen LogP contribution in [-0.4, -0.2) is 50.9 Å². The summed E-state index contributed by atoms with van der Waals surface area (Å²) in [6.07, 6.45) is 11.7. The first-order valence-corrected chi connectivity index (χ1v) is 16.8. The van der Waals surface area contributed by atoms with Gasteiger partial charge in [0.05, 0.1) is 24.5 Å². The molecule has 0 aliphatic heterocycles. The van der Waals surface area contributed by atoms with E-state index in [1.165, 1.54) is 12.7 Å². The van der Waals surface area contributed by atoms with Crippen molar-refractivity contribution < 1.29 is 19.5 Å². The van der Waals surface area contributed by atoms with E-state index in [4.69, 9.17) is 0 Å². The first-order chi connectivity index (χ1) is 21.4. The van der Waals surface area contributed by atoms with E-state index >= 15 is 0 Å². The molecule has 1 aliphatic carbocycles. The highest BCUT2D eigenvalue weighted by Gasteiger charge is 2.37. The third-order valence-electron chi connectivity index (χ3n) is 9.07. The van der Waals surface area contributed by atoms with Crippen molar-refractivity contribution in [2.45, 2.75) is 117 Å². The molecule has 1 fully saturated rings. The Bertz CT molecular complexity index is 1200. The van der Waals surface area contributed by atoms with Gasteiger partial charge in [0.1, 0.15) is 5.92 Å². The topological polar surface area (TPSA) is 124 Å². The van der Waals surface area contributed by atoms with E-state index in [0.29, 0.717) is 30.4 Å². The molecule has 0 radical (unpaired) electrons. The van der Waals surface area contributed by atoms with Gasteiger partial charge in [0, 0.05) is 24.7 Å². The van der Waals surface area contributed by atoms with Gasteiger partial charge in [-0.15, -0.1) is 6.58 Å². The van der Waals surface area contributed by atoms with Gasteiger partial charge in [0.2, 0.25) is 11.8 Å². The number of rotatable bonds is 17. The molecule has 2 aromatic rings. The van der Waals surface area contributed by atoms with E-state index in [9.17, 15) is 19.5 Å². The smallest absolute Gasteiger partial charge is 0.231 e. The van der Waals surface area contributed by atoms with Crippen molar-refractivity contribution in [3.63, 3.8) is 0 Å². The van der Waals surface area contributed by atoms with Crippen molar-refractivity contribution in [2.75, 3.05) is 0 Å². The van der Waals surface area contributed by atoms with Gasteiger partial charge in [0.15, 0.2) is 5.78 Å². The van der Waals surface area contributed by atoms with Crippen LogP contribution in [0.25, 0.3) is 0 Å². The molecule has 1 heterocycles. The van der Waals surface area contributed by atoms with Gasteiger partial charge >= 0.3 is 0 Å². The Morgan fingerprint density at radius 3 is 2.33 bits per heavy atom. The minimum Gasteiger partial charge on any atom is -0.391 e. The second-order valence-corrected chi connectivity index (χ2v) is 14.6. The second kappa shape index (κ2) is 17.4. The maximum Gasteiger partial charge on any atom is 0.231 e. The van der Waals surface area contributed by atoms with Gasteiger partial charge < -0.3 is 20.7 Å². The molecule has 0 saturated heterocycles. The number of carbonyl (C=O) groups excluding carboxylic acids is 3. The number of benzene rings is 1. The van der Waals surface area contributed by atoms with Crippen molar-refractivity contribution in [1.82, 2.24) is 20.6 Å². The Kier molecular flexibility index (Phi) is 14.0. The molecule has 4 N–H and O–H groups in total. The maximum absolute atomic E-state index is 14.4. The fourth-order valence-electron chi connectivity index (χ4n) is 6.44. The molecule has 3 rings (SSSR count). The second-order valence-electron chi connectivity index (χ2n) is 14.6. The van der Waals surface area contributed by atoms with Crippen LogP contribution in [0.2, 0.25) is 0 Å². The molecular weight excluding hydrogens is 564 g/mol. The summed E-state index contributed by atoms with van der Waals surface area (Å²) in [4.78, 5) is 48.9. The van der Waals surface area contributed by atoms with Gasteiger partial charge in [-0.25, -0.2) is 4.98 Å². The van der Waals surface area contributed by atoms with E-state index in [-0.39, 0.29) is 42.3 Å². The summed E-state index contributed by atoms with van der Waals surface area (Å²) in [5.74, 6) is -1.30. The molecule has 1 aliphatic rings. The summed E-state index contributed by atoms with van der Waals surface area (Å²) in [6.45, 7) is 14.1. The van der Waals surface area contributed by atoms with E-state index in [0.717, 1.165) is 31.2 Å². The van der Waals surface area contributed by atoms with Crippen molar-refractivity contribution in [1.29, 1.82) is 0 Å².